The molecule has 6 nitrogen and oxygen atoms in total. The van der Waals surface area contributed by atoms with Crippen molar-refractivity contribution in [1.82, 2.24) is 15.1 Å². The maximum absolute atomic E-state index is 12.6. The van der Waals surface area contributed by atoms with Gasteiger partial charge in [0.1, 0.15) is 0 Å². The fourth-order valence-electron chi connectivity index (χ4n) is 4.21. The topological polar surface area (TPSA) is 73.2 Å². The monoisotopic (exact) mass is 431 g/mol. The Kier molecular flexibility index (Phi) is 6.40. The van der Waals surface area contributed by atoms with Crippen molar-refractivity contribution in [2.24, 2.45) is 5.92 Å². The molecule has 1 N–H and O–H groups in total. The molecule has 1 aliphatic carbocycles. The van der Waals surface area contributed by atoms with Gasteiger partial charge in [-0.1, -0.05) is 51.0 Å². The number of hydrogen-bond donors (Lipinski definition) is 1. The van der Waals surface area contributed by atoms with Gasteiger partial charge in [0.2, 0.25) is 0 Å². The van der Waals surface area contributed by atoms with Gasteiger partial charge in [-0.05, 0) is 42.7 Å². The molecule has 6 heteroatoms. The highest BCUT2D eigenvalue weighted by molar-refractivity contribution is 5.95. The van der Waals surface area contributed by atoms with Crippen molar-refractivity contribution in [1.29, 1.82) is 0 Å². The van der Waals surface area contributed by atoms with E-state index in [0.29, 0.717) is 36.7 Å². The van der Waals surface area contributed by atoms with Gasteiger partial charge in [0, 0.05) is 29.7 Å². The third-order valence-electron chi connectivity index (χ3n) is 6.17. The highest BCUT2D eigenvalue weighted by Gasteiger charge is 2.31. The molecule has 0 spiro atoms. The zero-order chi connectivity index (χ0) is 22.7. The molecule has 0 fully saturated rings. The Labute approximate surface area is 188 Å². The molecule has 0 radical (unpaired) electrons. The number of benzene rings is 2. The molecule has 3 aromatic rings. The fraction of sp³-hybridized carbons (Fsp3) is 0.346. The van der Waals surface area contributed by atoms with Gasteiger partial charge in [-0.2, -0.15) is 5.10 Å². The third-order valence-corrected chi connectivity index (χ3v) is 6.17. The minimum Gasteiger partial charge on any atom is -0.461 e. The van der Waals surface area contributed by atoms with Gasteiger partial charge in [-0.3, -0.25) is 4.79 Å². The molecule has 0 saturated heterocycles. The second-order valence-corrected chi connectivity index (χ2v) is 8.08. The van der Waals surface area contributed by atoms with Crippen molar-refractivity contribution >= 4 is 11.9 Å². The predicted molar refractivity (Wildman–Crippen MR) is 124 cm³/mol. The number of hydrogen-bond acceptors (Lipinski definition) is 4. The van der Waals surface area contributed by atoms with Crippen molar-refractivity contribution in [2.75, 3.05) is 13.2 Å². The molecule has 1 aromatic heterocycles. The first-order valence-electron chi connectivity index (χ1n) is 11.3. The standard InChI is InChI=1S/C26H29N3O3/c1-4-17(5-2)16-27-25(30)18-11-13-20(14-12-18)29-24-21-10-8-7-9-19(21)15-22(24)23(28-29)26(31)32-6-3/h7-14,17H,4-6,15-16H2,1-3H3,(H,27,30). The molecule has 0 aliphatic heterocycles. The number of rotatable bonds is 8. The molecule has 1 amide bonds. The van der Waals surface area contributed by atoms with Crippen LogP contribution in [0.5, 0.6) is 0 Å². The first-order valence-corrected chi connectivity index (χ1v) is 11.3. The number of aromatic nitrogens is 2. The molecule has 4 rings (SSSR count). The lowest BCUT2D eigenvalue weighted by Gasteiger charge is -2.13. The van der Waals surface area contributed by atoms with Crippen LogP contribution in [0.15, 0.2) is 48.5 Å². The van der Waals surface area contributed by atoms with Gasteiger partial charge in [0.05, 0.1) is 18.0 Å². The van der Waals surface area contributed by atoms with Gasteiger partial charge in [-0.15, -0.1) is 0 Å². The van der Waals surface area contributed by atoms with E-state index in [1.807, 2.05) is 30.3 Å². The van der Waals surface area contributed by atoms with Crippen LogP contribution in [0, 0.1) is 5.92 Å². The zero-order valence-corrected chi connectivity index (χ0v) is 18.9. The Hall–Kier alpha value is -3.41. The van der Waals surface area contributed by atoms with Gasteiger partial charge < -0.3 is 10.1 Å². The van der Waals surface area contributed by atoms with Crippen LogP contribution in [-0.2, 0) is 11.2 Å². The van der Waals surface area contributed by atoms with Crippen LogP contribution in [0.2, 0.25) is 0 Å². The van der Waals surface area contributed by atoms with Gasteiger partial charge in [0.25, 0.3) is 5.91 Å². The molecule has 1 aliphatic rings. The van der Waals surface area contributed by atoms with Crippen molar-refractivity contribution in [2.45, 2.75) is 40.0 Å². The van der Waals surface area contributed by atoms with Crippen molar-refractivity contribution in [3.63, 3.8) is 0 Å². The highest BCUT2D eigenvalue weighted by atomic mass is 16.5. The zero-order valence-electron chi connectivity index (χ0n) is 18.9. The normalized spacial score (nSPS) is 11.9. The summed E-state index contributed by atoms with van der Waals surface area (Å²) in [5.74, 6) is 0.00524. The molecular weight excluding hydrogens is 402 g/mol. The maximum Gasteiger partial charge on any atom is 0.359 e. The Morgan fingerprint density at radius 1 is 1.06 bits per heavy atom. The van der Waals surface area contributed by atoms with E-state index >= 15 is 0 Å². The summed E-state index contributed by atoms with van der Waals surface area (Å²) in [5.41, 5.74) is 5.78. The summed E-state index contributed by atoms with van der Waals surface area (Å²) < 4.78 is 7.04. The number of ether oxygens (including phenoxy) is 1. The lowest BCUT2D eigenvalue weighted by Crippen LogP contribution is -2.28. The van der Waals surface area contributed by atoms with E-state index in [9.17, 15) is 9.59 Å². The molecule has 0 saturated carbocycles. The van der Waals surface area contributed by atoms with Crippen LogP contribution in [-0.4, -0.2) is 34.8 Å². The van der Waals surface area contributed by atoms with Crippen molar-refractivity contribution in [3.8, 4) is 16.9 Å². The third kappa shape index (κ3) is 4.05. The van der Waals surface area contributed by atoms with Crippen LogP contribution in [0.4, 0.5) is 0 Å². The summed E-state index contributed by atoms with van der Waals surface area (Å²) in [6.07, 6.45) is 2.74. The summed E-state index contributed by atoms with van der Waals surface area (Å²) in [5, 5.41) is 7.64. The minimum atomic E-state index is -0.410. The summed E-state index contributed by atoms with van der Waals surface area (Å²) in [6.45, 7) is 7.05. The number of fused-ring (bicyclic) bond motifs is 3. The summed E-state index contributed by atoms with van der Waals surface area (Å²) >= 11 is 0. The molecule has 1 heterocycles. The molecule has 0 unspecified atom stereocenters. The number of carbonyl (C=O) groups is 2. The molecule has 0 bridgehead atoms. The number of carbonyl (C=O) groups excluding carboxylic acids is 2. The van der Waals surface area contributed by atoms with E-state index in [0.717, 1.165) is 40.9 Å². The predicted octanol–water partition coefficient (Wildman–Crippen LogP) is 4.79. The van der Waals surface area contributed by atoms with Crippen LogP contribution >= 0.6 is 0 Å². The lowest BCUT2D eigenvalue weighted by molar-refractivity contribution is 0.0517. The average molecular weight is 432 g/mol. The van der Waals surface area contributed by atoms with Crippen LogP contribution in [0.25, 0.3) is 16.9 Å². The SMILES string of the molecule is CCOC(=O)c1nn(-c2ccc(C(=O)NCC(CC)CC)cc2)c2c1Cc1ccccc1-2. The first kappa shape index (κ1) is 21.8. The smallest absolute Gasteiger partial charge is 0.359 e. The van der Waals surface area contributed by atoms with Crippen LogP contribution < -0.4 is 5.32 Å². The average Bonchev–Trinajstić information content (AvgIpc) is 3.37. The minimum absolute atomic E-state index is 0.0771. The summed E-state index contributed by atoms with van der Waals surface area (Å²) in [6, 6.07) is 15.5. The Bertz CT molecular complexity index is 1130. The van der Waals surface area contributed by atoms with E-state index in [1.54, 1.807) is 23.7 Å². The van der Waals surface area contributed by atoms with Gasteiger partial charge in [0.15, 0.2) is 5.69 Å². The second-order valence-electron chi connectivity index (χ2n) is 8.08. The second kappa shape index (κ2) is 9.39. The molecule has 32 heavy (non-hydrogen) atoms. The van der Waals surface area contributed by atoms with E-state index in [-0.39, 0.29) is 5.91 Å². The highest BCUT2D eigenvalue weighted by Crippen LogP contribution is 2.39. The van der Waals surface area contributed by atoms with E-state index < -0.39 is 5.97 Å². The number of nitrogens with zero attached hydrogens (tertiary/aromatic N) is 2. The van der Waals surface area contributed by atoms with Crippen LogP contribution in [0.1, 0.15) is 65.6 Å². The Balaban J connectivity index is 1.65. The fourth-order valence-corrected chi connectivity index (χ4v) is 4.21. The number of amides is 1. The van der Waals surface area contributed by atoms with Crippen molar-refractivity contribution in [3.05, 3.63) is 70.9 Å². The van der Waals surface area contributed by atoms with Gasteiger partial charge >= 0.3 is 5.97 Å². The van der Waals surface area contributed by atoms with E-state index in [2.05, 4.69) is 30.3 Å². The Morgan fingerprint density at radius 2 is 1.78 bits per heavy atom. The molecule has 166 valence electrons. The molecule has 2 aromatic carbocycles. The van der Waals surface area contributed by atoms with Gasteiger partial charge in [-0.25, -0.2) is 9.48 Å². The summed E-state index contributed by atoms with van der Waals surface area (Å²) in [4.78, 5) is 25.1. The number of esters is 1. The number of nitrogens with one attached hydrogen (secondary N) is 1. The summed E-state index contributed by atoms with van der Waals surface area (Å²) in [7, 11) is 0. The molecular formula is C26H29N3O3. The lowest BCUT2D eigenvalue weighted by atomic mass is 10.0. The quantitative estimate of drug-likeness (QED) is 0.407. The van der Waals surface area contributed by atoms with Crippen LogP contribution in [0.3, 0.4) is 0 Å². The maximum atomic E-state index is 12.6. The van der Waals surface area contributed by atoms with E-state index in [1.165, 1.54) is 0 Å². The van der Waals surface area contributed by atoms with E-state index in [4.69, 9.17) is 4.74 Å². The van der Waals surface area contributed by atoms with Crippen molar-refractivity contribution < 1.29 is 14.3 Å². The first-order chi connectivity index (χ1) is 15.6. The largest absolute Gasteiger partial charge is 0.461 e. The molecule has 0 atom stereocenters. The Morgan fingerprint density at radius 3 is 2.47 bits per heavy atom.